The number of ether oxygens (including phenoxy) is 2. The minimum atomic E-state index is 0.0383. The number of nitrogens with one attached hydrogen (secondary N) is 1. The molecule has 1 heterocycles. The Morgan fingerprint density at radius 2 is 1.79 bits per heavy atom. The van der Waals surface area contributed by atoms with Crippen molar-refractivity contribution in [3.8, 4) is 5.75 Å². The van der Waals surface area contributed by atoms with Crippen LogP contribution >= 0.6 is 0 Å². The molecule has 0 spiro atoms. The maximum absolute atomic E-state index is 12.8. The van der Waals surface area contributed by atoms with Gasteiger partial charge >= 0.3 is 0 Å². The molecule has 156 valence electrons. The van der Waals surface area contributed by atoms with Gasteiger partial charge in [-0.25, -0.2) is 0 Å². The van der Waals surface area contributed by atoms with E-state index in [0.29, 0.717) is 37.3 Å². The number of hydrogen-bond donors (Lipinski definition) is 1. The quantitative estimate of drug-likeness (QED) is 0.653. The summed E-state index contributed by atoms with van der Waals surface area (Å²) in [6, 6.07) is 7.74. The van der Waals surface area contributed by atoms with Crippen molar-refractivity contribution < 1.29 is 14.3 Å². The Morgan fingerprint density at radius 3 is 2.54 bits per heavy atom. The fourth-order valence-electron chi connectivity index (χ4n) is 4.41. The lowest BCUT2D eigenvalue weighted by Gasteiger charge is -2.37. The van der Waals surface area contributed by atoms with Crippen LogP contribution in [0.15, 0.2) is 24.3 Å². The van der Waals surface area contributed by atoms with Gasteiger partial charge in [0.25, 0.3) is 5.91 Å². The van der Waals surface area contributed by atoms with Crippen LogP contribution in [0.5, 0.6) is 5.75 Å². The topological polar surface area (TPSA) is 50.8 Å². The molecule has 1 N–H and O–H groups in total. The van der Waals surface area contributed by atoms with Crippen LogP contribution < -0.4 is 10.1 Å². The molecule has 1 aromatic carbocycles. The van der Waals surface area contributed by atoms with Crippen LogP contribution in [0.25, 0.3) is 0 Å². The number of hydrogen-bond acceptors (Lipinski definition) is 4. The molecule has 0 unspecified atom stereocenters. The fourth-order valence-corrected chi connectivity index (χ4v) is 4.41. The van der Waals surface area contributed by atoms with Crippen molar-refractivity contribution in [2.24, 2.45) is 5.92 Å². The van der Waals surface area contributed by atoms with Gasteiger partial charge in [-0.05, 0) is 75.9 Å². The van der Waals surface area contributed by atoms with Gasteiger partial charge in [0, 0.05) is 24.8 Å². The molecule has 28 heavy (non-hydrogen) atoms. The Hall–Kier alpha value is -1.59. The summed E-state index contributed by atoms with van der Waals surface area (Å²) in [6.45, 7) is 7.36. The fraction of sp³-hybridized carbons (Fsp3) is 0.696. The van der Waals surface area contributed by atoms with Crippen molar-refractivity contribution in [3.63, 3.8) is 0 Å². The number of nitrogens with zero attached hydrogens (tertiary/aromatic N) is 1. The second-order valence-corrected chi connectivity index (χ2v) is 8.06. The molecule has 0 radical (unpaired) electrons. The monoisotopic (exact) mass is 388 g/mol. The van der Waals surface area contributed by atoms with Crippen molar-refractivity contribution in [2.75, 3.05) is 39.5 Å². The first-order valence-electron chi connectivity index (χ1n) is 11.1. The number of likely N-dealkylation sites (tertiary alicyclic amines) is 1. The van der Waals surface area contributed by atoms with Crippen molar-refractivity contribution in [2.45, 2.75) is 57.9 Å². The van der Waals surface area contributed by atoms with Crippen molar-refractivity contribution in [1.29, 1.82) is 0 Å². The molecule has 3 rings (SSSR count). The lowest BCUT2D eigenvalue weighted by Crippen LogP contribution is -2.47. The zero-order valence-corrected chi connectivity index (χ0v) is 17.3. The van der Waals surface area contributed by atoms with Crippen molar-refractivity contribution in [3.05, 3.63) is 29.8 Å². The predicted octanol–water partition coefficient (Wildman–Crippen LogP) is 3.88. The molecule has 0 bridgehead atoms. The largest absolute Gasteiger partial charge is 0.491 e. The maximum Gasteiger partial charge on any atom is 0.251 e. The highest BCUT2D eigenvalue weighted by Gasteiger charge is 2.28. The molecule has 1 amide bonds. The first-order chi connectivity index (χ1) is 13.8. The zero-order chi connectivity index (χ0) is 19.6. The van der Waals surface area contributed by atoms with Gasteiger partial charge in [0.05, 0.1) is 6.61 Å². The molecule has 5 heteroatoms. The van der Waals surface area contributed by atoms with E-state index in [-0.39, 0.29) is 5.91 Å². The van der Waals surface area contributed by atoms with Crippen LogP contribution in [-0.4, -0.2) is 56.3 Å². The summed E-state index contributed by atoms with van der Waals surface area (Å²) in [5.74, 6) is 1.39. The highest BCUT2D eigenvalue weighted by molar-refractivity contribution is 5.94. The average Bonchev–Trinajstić information content (AvgIpc) is 2.74. The minimum absolute atomic E-state index is 0.0383. The van der Waals surface area contributed by atoms with Gasteiger partial charge in [-0.15, -0.1) is 0 Å². The molecule has 1 aliphatic carbocycles. The van der Waals surface area contributed by atoms with E-state index in [2.05, 4.69) is 10.2 Å². The van der Waals surface area contributed by atoms with Crippen LogP contribution in [0.2, 0.25) is 0 Å². The highest BCUT2D eigenvalue weighted by Crippen LogP contribution is 2.27. The molecule has 1 saturated heterocycles. The summed E-state index contributed by atoms with van der Waals surface area (Å²) in [4.78, 5) is 15.4. The van der Waals surface area contributed by atoms with E-state index >= 15 is 0 Å². The maximum atomic E-state index is 12.8. The average molecular weight is 389 g/mol. The van der Waals surface area contributed by atoms with Crippen LogP contribution in [0.3, 0.4) is 0 Å². The zero-order valence-electron chi connectivity index (χ0n) is 17.3. The first-order valence-corrected chi connectivity index (χ1v) is 11.1. The Morgan fingerprint density at radius 1 is 1.04 bits per heavy atom. The van der Waals surface area contributed by atoms with E-state index in [1.165, 1.54) is 51.6 Å². The minimum Gasteiger partial charge on any atom is -0.491 e. The predicted molar refractivity (Wildman–Crippen MR) is 112 cm³/mol. The van der Waals surface area contributed by atoms with E-state index in [0.717, 1.165) is 18.7 Å². The summed E-state index contributed by atoms with van der Waals surface area (Å²) in [6.07, 6.45) is 8.85. The Labute approximate surface area is 169 Å². The summed E-state index contributed by atoms with van der Waals surface area (Å²) in [5.41, 5.74) is 0.708. The smallest absolute Gasteiger partial charge is 0.251 e. The molecule has 2 fully saturated rings. The van der Waals surface area contributed by atoms with Crippen LogP contribution in [0.1, 0.15) is 62.2 Å². The van der Waals surface area contributed by atoms with Crippen LogP contribution in [0.4, 0.5) is 0 Å². The molecular formula is C23H36N2O3. The van der Waals surface area contributed by atoms with E-state index in [1.54, 1.807) is 0 Å². The second-order valence-electron chi connectivity index (χ2n) is 8.06. The molecular weight excluding hydrogens is 352 g/mol. The summed E-state index contributed by atoms with van der Waals surface area (Å²) in [7, 11) is 0. The number of piperidine rings is 1. The molecule has 2 atom stereocenters. The van der Waals surface area contributed by atoms with Gasteiger partial charge in [0.15, 0.2) is 0 Å². The van der Waals surface area contributed by atoms with Gasteiger partial charge < -0.3 is 19.7 Å². The molecule has 1 saturated carbocycles. The standard InChI is InChI=1S/C23H36N2O3/c1-2-27-16-17-28-21-12-10-19(11-13-21)23(26)24-22-9-5-4-8-20(22)18-25-14-6-3-7-15-25/h10-13,20,22H,2-9,14-18H2,1H3,(H,24,26)/t20-,22-/m1/s1. The van der Waals surface area contributed by atoms with E-state index in [9.17, 15) is 4.79 Å². The van der Waals surface area contributed by atoms with Crippen molar-refractivity contribution in [1.82, 2.24) is 10.2 Å². The Balaban J connectivity index is 1.50. The molecule has 2 aliphatic rings. The third-order valence-corrected chi connectivity index (χ3v) is 5.98. The molecule has 1 aliphatic heterocycles. The molecule has 5 nitrogen and oxygen atoms in total. The van der Waals surface area contributed by atoms with E-state index in [4.69, 9.17) is 9.47 Å². The number of benzene rings is 1. The number of carbonyl (C=O) groups excluding carboxylic acids is 1. The van der Waals surface area contributed by atoms with Crippen LogP contribution in [0, 0.1) is 5.92 Å². The van der Waals surface area contributed by atoms with Gasteiger partial charge in [0.1, 0.15) is 12.4 Å². The second kappa shape index (κ2) is 11.4. The first kappa shape index (κ1) is 21.1. The Kier molecular flexibility index (Phi) is 8.62. The van der Waals surface area contributed by atoms with E-state index in [1.807, 2.05) is 31.2 Å². The molecule has 1 aromatic rings. The van der Waals surface area contributed by atoms with Gasteiger partial charge in [0.2, 0.25) is 0 Å². The summed E-state index contributed by atoms with van der Waals surface area (Å²) >= 11 is 0. The third kappa shape index (κ3) is 6.49. The number of rotatable bonds is 9. The lowest BCUT2D eigenvalue weighted by molar-refractivity contribution is 0.0877. The van der Waals surface area contributed by atoms with Crippen molar-refractivity contribution >= 4 is 5.91 Å². The third-order valence-electron chi connectivity index (χ3n) is 5.98. The summed E-state index contributed by atoms with van der Waals surface area (Å²) in [5, 5.41) is 3.33. The summed E-state index contributed by atoms with van der Waals surface area (Å²) < 4.78 is 10.9. The van der Waals surface area contributed by atoms with Gasteiger partial charge in [-0.3, -0.25) is 4.79 Å². The van der Waals surface area contributed by atoms with E-state index < -0.39 is 0 Å². The van der Waals surface area contributed by atoms with Gasteiger partial charge in [-0.2, -0.15) is 0 Å². The molecule has 0 aromatic heterocycles. The number of carbonyl (C=O) groups is 1. The van der Waals surface area contributed by atoms with Crippen LogP contribution in [-0.2, 0) is 4.74 Å². The SMILES string of the molecule is CCOCCOc1ccc(C(=O)N[C@@H]2CCCC[C@@H]2CN2CCCCC2)cc1. The van der Waals surface area contributed by atoms with Gasteiger partial charge in [-0.1, -0.05) is 19.3 Å². The lowest BCUT2D eigenvalue weighted by atomic mass is 9.83. The number of amides is 1. The normalized spacial score (nSPS) is 23.3. The highest BCUT2D eigenvalue weighted by atomic mass is 16.5. The Bertz CT molecular complexity index is 584.